The molecule has 0 amide bonds. The van der Waals surface area contributed by atoms with Crippen LogP contribution in [0, 0.1) is 0 Å². The Labute approximate surface area is 173 Å². The predicted molar refractivity (Wildman–Crippen MR) is 114 cm³/mol. The molecule has 0 aliphatic heterocycles. The van der Waals surface area contributed by atoms with Gasteiger partial charge in [-0.25, -0.2) is 14.8 Å². The summed E-state index contributed by atoms with van der Waals surface area (Å²) in [5.74, 6) is 0. The Balaban J connectivity index is 1.75. The maximum Gasteiger partial charge on any atom is 0.332 e. The van der Waals surface area contributed by atoms with Gasteiger partial charge in [0.2, 0.25) is 0 Å². The fraction of sp³-hybridized carbons (Fsp3) is 0.263. The molecule has 7 nitrogen and oxygen atoms in total. The zero-order chi connectivity index (χ0) is 20.0. The molecule has 0 fully saturated rings. The van der Waals surface area contributed by atoms with E-state index < -0.39 is 5.56 Å². The number of imidazole rings is 1. The lowest BCUT2D eigenvalue weighted by Crippen LogP contribution is -2.37. The van der Waals surface area contributed by atoms with Crippen molar-refractivity contribution in [3.8, 4) is 10.6 Å². The summed E-state index contributed by atoms with van der Waals surface area (Å²) in [6.07, 6.45) is 1.00. The molecule has 0 saturated carbocycles. The third-order valence-corrected chi connectivity index (χ3v) is 6.32. The molecule has 0 aliphatic rings. The molecule has 144 valence electrons. The first kappa shape index (κ1) is 18.8. The van der Waals surface area contributed by atoms with Gasteiger partial charge in [-0.05, 0) is 27.9 Å². The molecule has 0 unspecified atom stereocenters. The molecule has 0 saturated heterocycles. The van der Waals surface area contributed by atoms with Gasteiger partial charge in [0, 0.05) is 25.0 Å². The molecule has 1 aromatic carbocycles. The normalized spacial score (nSPS) is 11.4. The monoisotopic (exact) mass is 459 g/mol. The quantitative estimate of drug-likeness (QED) is 0.439. The fourth-order valence-electron chi connectivity index (χ4n) is 3.16. The highest BCUT2D eigenvalue weighted by Gasteiger charge is 2.18. The van der Waals surface area contributed by atoms with E-state index in [0.29, 0.717) is 16.9 Å². The number of rotatable bonds is 4. The van der Waals surface area contributed by atoms with Crippen LogP contribution in [0.15, 0.2) is 44.0 Å². The zero-order valence-electron chi connectivity index (χ0n) is 15.6. The van der Waals surface area contributed by atoms with Gasteiger partial charge in [0.15, 0.2) is 15.9 Å². The van der Waals surface area contributed by atoms with Crippen molar-refractivity contribution >= 4 is 38.4 Å². The highest BCUT2D eigenvalue weighted by molar-refractivity contribution is 9.10. The maximum absolute atomic E-state index is 12.4. The van der Waals surface area contributed by atoms with Crippen LogP contribution in [0.25, 0.3) is 21.7 Å². The van der Waals surface area contributed by atoms with Crippen LogP contribution in [0.4, 0.5) is 0 Å². The number of thiazole rings is 1. The molecule has 4 rings (SSSR count). The number of benzene rings is 1. The minimum Gasteiger partial charge on any atom is -0.298 e. The molecule has 0 N–H and O–H groups in total. The number of hydrogen-bond acceptors (Lipinski definition) is 5. The first-order valence-electron chi connectivity index (χ1n) is 8.76. The summed E-state index contributed by atoms with van der Waals surface area (Å²) in [6, 6.07) is 8.39. The number of nitrogens with zero attached hydrogens (tertiary/aromatic N) is 5. The lowest BCUT2D eigenvalue weighted by atomic mass is 10.1. The minimum atomic E-state index is -0.410. The maximum atomic E-state index is 12.4. The second-order valence-corrected chi connectivity index (χ2v) is 8.11. The van der Waals surface area contributed by atoms with E-state index >= 15 is 0 Å². The third kappa shape index (κ3) is 3.04. The van der Waals surface area contributed by atoms with Crippen molar-refractivity contribution in [3.63, 3.8) is 0 Å². The summed E-state index contributed by atoms with van der Waals surface area (Å²) in [4.78, 5) is 33.8. The van der Waals surface area contributed by atoms with Gasteiger partial charge >= 0.3 is 5.69 Å². The molecule has 4 aromatic rings. The summed E-state index contributed by atoms with van der Waals surface area (Å²) >= 11 is 4.98. The van der Waals surface area contributed by atoms with E-state index in [1.54, 1.807) is 23.0 Å². The number of hydrogen-bond donors (Lipinski definition) is 0. The van der Waals surface area contributed by atoms with Crippen molar-refractivity contribution in [2.45, 2.75) is 19.9 Å². The third-order valence-electron chi connectivity index (χ3n) is 4.77. The molecule has 28 heavy (non-hydrogen) atoms. The summed E-state index contributed by atoms with van der Waals surface area (Å²) in [5, 5.41) is 2.92. The lowest BCUT2D eigenvalue weighted by molar-refractivity contribution is 0.682. The fourth-order valence-corrected chi connectivity index (χ4v) is 4.45. The molecular weight excluding hydrogens is 442 g/mol. The molecule has 0 spiro atoms. The zero-order valence-corrected chi connectivity index (χ0v) is 18.0. The first-order valence-corrected chi connectivity index (χ1v) is 10.4. The van der Waals surface area contributed by atoms with Gasteiger partial charge in [-0.2, -0.15) is 0 Å². The van der Waals surface area contributed by atoms with Gasteiger partial charge in [0.1, 0.15) is 5.01 Å². The van der Waals surface area contributed by atoms with Crippen LogP contribution < -0.4 is 11.2 Å². The van der Waals surface area contributed by atoms with Crippen molar-refractivity contribution in [1.82, 2.24) is 23.7 Å². The second kappa shape index (κ2) is 7.14. The molecule has 0 radical (unpaired) electrons. The van der Waals surface area contributed by atoms with E-state index in [2.05, 4.69) is 52.1 Å². The summed E-state index contributed by atoms with van der Waals surface area (Å²) in [5.41, 5.74) is 3.13. The Kier molecular flexibility index (Phi) is 4.80. The number of aromatic nitrogens is 5. The molecule has 3 aromatic heterocycles. The number of halogens is 1. The smallest absolute Gasteiger partial charge is 0.298 e. The topological polar surface area (TPSA) is 74.7 Å². The Hall–Kier alpha value is -2.52. The Morgan fingerprint density at radius 2 is 1.79 bits per heavy atom. The first-order chi connectivity index (χ1) is 13.4. The predicted octanol–water partition coefficient (Wildman–Crippen LogP) is 2.93. The van der Waals surface area contributed by atoms with Gasteiger partial charge in [-0.3, -0.25) is 18.5 Å². The van der Waals surface area contributed by atoms with Crippen LogP contribution >= 0.6 is 27.3 Å². The molecular formula is C19H18BrN5O2S. The highest BCUT2D eigenvalue weighted by Crippen LogP contribution is 2.26. The number of fused-ring (bicyclic) bond motifs is 1. The van der Waals surface area contributed by atoms with Crippen LogP contribution in [-0.4, -0.2) is 23.7 Å². The molecule has 0 bridgehead atoms. The lowest BCUT2D eigenvalue weighted by Gasteiger charge is -2.08. The van der Waals surface area contributed by atoms with Crippen molar-refractivity contribution in [1.29, 1.82) is 0 Å². The average molecular weight is 460 g/mol. The van der Waals surface area contributed by atoms with Crippen LogP contribution in [-0.2, 0) is 27.1 Å². The van der Waals surface area contributed by atoms with Crippen molar-refractivity contribution in [2.24, 2.45) is 14.1 Å². The molecule has 0 aliphatic carbocycles. The van der Waals surface area contributed by atoms with E-state index in [4.69, 9.17) is 4.98 Å². The Morgan fingerprint density at radius 1 is 1.07 bits per heavy atom. The van der Waals surface area contributed by atoms with Gasteiger partial charge in [0.05, 0.1) is 12.2 Å². The Bertz CT molecular complexity index is 1300. The summed E-state index contributed by atoms with van der Waals surface area (Å²) < 4.78 is 4.78. The molecule has 0 atom stereocenters. The van der Waals surface area contributed by atoms with Crippen molar-refractivity contribution in [3.05, 3.63) is 66.5 Å². The Morgan fingerprint density at radius 3 is 2.46 bits per heavy atom. The molecule has 9 heteroatoms. The summed E-state index contributed by atoms with van der Waals surface area (Å²) in [6.45, 7) is 2.53. The molecule has 3 heterocycles. The van der Waals surface area contributed by atoms with E-state index in [9.17, 15) is 9.59 Å². The van der Waals surface area contributed by atoms with Crippen LogP contribution in [0.1, 0.15) is 18.2 Å². The van der Waals surface area contributed by atoms with Gasteiger partial charge < -0.3 is 0 Å². The highest BCUT2D eigenvalue weighted by atomic mass is 79.9. The van der Waals surface area contributed by atoms with Crippen molar-refractivity contribution in [2.75, 3.05) is 0 Å². The van der Waals surface area contributed by atoms with Gasteiger partial charge in [0.25, 0.3) is 5.56 Å². The van der Waals surface area contributed by atoms with Gasteiger partial charge in [-0.15, -0.1) is 11.3 Å². The van der Waals surface area contributed by atoms with Crippen molar-refractivity contribution < 1.29 is 0 Å². The second-order valence-electron chi connectivity index (χ2n) is 6.54. The minimum absolute atomic E-state index is 0.252. The van der Waals surface area contributed by atoms with E-state index in [1.807, 2.05) is 5.38 Å². The van der Waals surface area contributed by atoms with E-state index in [0.717, 1.165) is 27.3 Å². The number of aryl methyl sites for hydroxylation is 2. The van der Waals surface area contributed by atoms with Crippen LogP contribution in [0.2, 0.25) is 0 Å². The van der Waals surface area contributed by atoms with Crippen LogP contribution in [0.5, 0.6) is 0 Å². The average Bonchev–Trinajstić information content (AvgIpc) is 3.30. The largest absolute Gasteiger partial charge is 0.332 e. The van der Waals surface area contributed by atoms with E-state index in [-0.39, 0.29) is 11.2 Å². The van der Waals surface area contributed by atoms with Gasteiger partial charge in [-0.1, -0.05) is 31.2 Å². The SMILES string of the molecule is CCc1ccc(-c2nc(Cn3c(Br)nc4c(=O)n(C)c(=O)n(C)c43)cs2)cc1. The van der Waals surface area contributed by atoms with Crippen LogP contribution in [0.3, 0.4) is 0 Å². The standard InChI is InChI=1S/C19H18BrN5O2S/c1-4-11-5-7-12(8-6-11)15-21-13(10-28-15)9-25-16-14(22-18(25)20)17(26)24(3)19(27)23(16)2/h5-8,10H,4,9H2,1-3H3. The summed E-state index contributed by atoms with van der Waals surface area (Å²) in [7, 11) is 3.09. The van der Waals surface area contributed by atoms with E-state index in [1.165, 1.54) is 17.2 Å².